The summed E-state index contributed by atoms with van der Waals surface area (Å²) in [7, 11) is 2.17. The third-order valence-electron chi connectivity index (χ3n) is 4.52. The van der Waals surface area contributed by atoms with Crippen LogP contribution < -0.4 is 10.9 Å². The van der Waals surface area contributed by atoms with E-state index in [1.54, 1.807) is 10.9 Å². The molecule has 1 unspecified atom stereocenters. The van der Waals surface area contributed by atoms with E-state index in [0.717, 1.165) is 24.8 Å². The van der Waals surface area contributed by atoms with Crippen LogP contribution in [0.5, 0.6) is 0 Å². The SMILES string of the molecule is CC(CNc1cnn(CC2CC2)c(=O)c1Br)N(C)C1CC1. The van der Waals surface area contributed by atoms with Gasteiger partial charge in [0.25, 0.3) is 5.56 Å². The number of nitrogens with one attached hydrogen (secondary N) is 1. The lowest BCUT2D eigenvalue weighted by Crippen LogP contribution is -2.36. The first-order chi connectivity index (χ1) is 10.1. The molecule has 5 nitrogen and oxygen atoms in total. The van der Waals surface area contributed by atoms with Crippen molar-refractivity contribution in [2.24, 2.45) is 5.92 Å². The quantitative estimate of drug-likeness (QED) is 0.816. The summed E-state index contributed by atoms with van der Waals surface area (Å²) in [4.78, 5) is 14.7. The molecule has 1 N–H and O–H groups in total. The van der Waals surface area contributed by atoms with Crippen molar-refractivity contribution < 1.29 is 0 Å². The van der Waals surface area contributed by atoms with Gasteiger partial charge in [0, 0.05) is 25.2 Å². The molecule has 2 aliphatic carbocycles. The number of anilines is 1. The summed E-state index contributed by atoms with van der Waals surface area (Å²) < 4.78 is 2.17. The molecule has 0 aromatic carbocycles. The van der Waals surface area contributed by atoms with Crippen LogP contribution in [-0.2, 0) is 6.54 Å². The molecular formula is C15H23BrN4O. The zero-order chi connectivity index (χ0) is 15.0. The molecule has 1 aromatic rings. The summed E-state index contributed by atoms with van der Waals surface area (Å²) in [6.07, 6.45) is 6.82. The summed E-state index contributed by atoms with van der Waals surface area (Å²) in [6, 6.07) is 1.19. The molecule has 1 heterocycles. The van der Waals surface area contributed by atoms with E-state index in [1.165, 1.54) is 25.7 Å². The van der Waals surface area contributed by atoms with Crippen molar-refractivity contribution in [1.82, 2.24) is 14.7 Å². The Morgan fingerprint density at radius 1 is 1.48 bits per heavy atom. The summed E-state index contributed by atoms with van der Waals surface area (Å²) >= 11 is 3.42. The molecule has 0 saturated heterocycles. The molecule has 0 amide bonds. The molecule has 3 rings (SSSR count). The van der Waals surface area contributed by atoms with Gasteiger partial charge < -0.3 is 5.32 Å². The van der Waals surface area contributed by atoms with Crippen molar-refractivity contribution in [3.8, 4) is 0 Å². The molecule has 2 aliphatic rings. The normalized spacial score (nSPS) is 19.8. The maximum atomic E-state index is 12.3. The Balaban J connectivity index is 1.62. The predicted octanol–water partition coefficient (Wildman–Crippen LogP) is 2.31. The zero-order valence-corrected chi connectivity index (χ0v) is 14.3. The van der Waals surface area contributed by atoms with E-state index < -0.39 is 0 Å². The van der Waals surface area contributed by atoms with Crippen LogP contribution in [0.25, 0.3) is 0 Å². The second-order valence-corrected chi connectivity index (χ2v) is 7.22. The van der Waals surface area contributed by atoms with E-state index in [2.05, 4.69) is 45.2 Å². The average molecular weight is 355 g/mol. The minimum atomic E-state index is -0.0323. The van der Waals surface area contributed by atoms with Crippen LogP contribution in [0.1, 0.15) is 32.6 Å². The van der Waals surface area contributed by atoms with Gasteiger partial charge in [0.2, 0.25) is 0 Å². The topological polar surface area (TPSA) is 50.2 Å². The fraction of sp³-hybridized carbons (Fsp3) is 0.733. The Morgan fingerprint density at radius 2 is 2.19 bits per heavy atom. The van der Waals surface area contributed by atoms with Gasteiger partial charge in [-0.15, -0.1) is 0 Å². The predicted molar refractivity (Wildman–Crippen MR) is 87.7 cm³/mol. The Hall–Kier alpha value is -0.880. The standard InChI is InChI=1S/C15H23BrN4O/c1-10(19(2)12-5-6-12)7-17-13-8-18-20(9-11-3-4-11)15(21)14(13)16/h8,10-12,17H,3-7,9H2,1-2H3. The first-order valence-corrected chi connectivity index (χ1v) is 8.57. The zero-order valence-electron chi connectivity index (χ0n) is 12.7. The van der Waals surface area contributed by atoms with Crippen LogP contribution in [0.15, 0.2) is 15.5 Å². The number of likely N-dealkylation sites (N-methyl/N-ethyl adjacent to an activating group) is 1. The number of nitrogens with zero attached hydrogens (tertiary/aromatic N) is 3. The van der Waals surface area contributed by atoms with Crippen molar-refractivity contribution in [3.63, 3.8) is 0 Å². The highest BCUT2D eigenvalue weighted by Gasteiger charge is 2.29. The fourth-order valence-electron chi connectivity index (χ4n) is 2.51. The molecule has 21 heavy (non-hydrogen) atoms. The molecule has 0 bridgehead atoms. The molecular weight excluding hydrogens is 332 g/mol. The van der Waals surface area contributed by atoms with E-state index in [9.17, 15) is 4.79 Å². The van der Waals surface area contributed by atoms with Crippen LogP contribution in [0.3, 0.4) is 0 Å². The first-order valence-electron chi connectivity index (χ1n) is 7.77. The first kappa shape index (κ1) is 15.0. The minimum absolute atomic E-state index is 0.0323. The van der Waals surface area contributed by atoms with Crippen molar-refractivity contribution in [2.45, 2.75) is 51.2 Å². The average Bonchev–Trinajstić information content (AvgIpc) is 3.35. The molecule has 0 radical (unpaired) electrons. The van der Waals surface area contributed by atoms with Gasteiger partial charge in [0.1, 0.15) is 4.47 Å². The van der Waals surface area contributed by atoms with Gasteiger partial charge in [-0.1, -0.05) is 0 Å². The highest BCUT2D eigenvalue weighted by atomic mass is 79.9. The van der Waals surface area contributed by atoms with Crippen LogP contribution in [0, 0.1) is 5.92 Å². The third kappa shape index (κ3) is 3.66. The van der Waals surface area contributed by atoms with E-state index in [-0.39, 0.29) is 5.56 Å². The largest absolute Gasteiger partial charge is 0.381 e. The van der Waals surface area contributed by atoms with Crippen molar-refractivity contribution in [3.05, 3.63) is 21.0 Å². The van der Waals surface area contributed by atoms with E-state index in [1.807, 2.05) is 0 Å². The molecule has 0 aliphatic heterocycles. The molecule has 116 valence electrons. The molecule has 1 aromatic heterocycles. The van der Waals surface area contributed by atoms with Gasteiger partial charge in [0.15, 0.2) is 0 Å². The van der Waals surface area contributed by atoms with Crippen molar-refractivity contribution >= 4 is 21.6 Å². The Labute approximate surface area is 133 Å². The Morgan fingerprint density at radius 3 is 2.81 bits per heavy atom. The van der Waals surface area contributed by atoms with Gasteiger partial charge >= 0.3 is 0 Å². The summed E-state index contributed by atoms with van der Waals surface area (Å²) in [5.74, 6) is 0.646. The van der Waals surface area contributed by atoms with Gasteiger partial charge in [0.05, 0.1) is 11.9 Å². The smallest absolute Gasteiger partial charge is 0.283 e. The monoisotopic (exact) mass is 354 g/mol. The number of aromatic nitrogens is 2. The van der Waals surface area contributed by atoms with E-state index >= 15 is 0 Å². The van der Waals surface area contributed by atoms with Crippen LogP contribution in [0.4, 0.5) is 5.69 Å². The minimum Gasteiger partial charge on any atom is -0.381 e. The molecule has 1 atom stereocenters. The lowest BCUT2D eigenvalue weighted by atomic mass is 10.3. The summed E-state index contributed by atoms with van der Waals surface area (Å²) in [5.41, 5.74) is 0.762. The molecule has 2 saturated carbocycles. The van der Waals surface area contributed by atoms with Crippen LogP contribution >= 0.6 is 15.9 Å². The highest BCUT2D eigenvalue weighted by Crippen LogP contribution is 2.30. The van der Waals surface area contributed by atoms with E-state index in [0.29, 0.717) is 16.4 Å². The third-order valence-corrected chi connectivity index (χ3v) is 5.29. The number of halogens is 1. The second kappa shape index (κ2) is 6.08. The van der Waals surface area contributed by atoms with Gasteiger partial charge in [-0.2, -0.15) is 5.10 Å². The number of hydrogen-bond donors (Lipinski definition) is 1. The lowest BCUT2D eigenvalue weighted by molar-refractivity contribution is 0.257. The van der Waals surface area contributed by atoms with Crippen molar-refractivity contribution in [1.29, 1.82) is 0 Å². The van der Waals surface area contributed by atoms with E-state index in [4.69, 9.17) is 0 Å². The number of rotatable bonds is 7. The molecule has 2 fully saturated rings. The van der Waals surface area contributed by atoms with Crippen LogP contribution in [0.2, 0.25) is 0 Å². The Bertz CT molecular complexity index is 565. The lowest BCUT2D eigenvalue weighted by Gasteiger charge is -2.25. The van der Waals surface area contributed by atoms with Crippen LogP contribution in [-0.4, -0.2) is 40.4 Å². The fourth-order valence-corrected chi connectivity index (χ4v) is 2.95. The molecule has 0 spiro atoms. The number of hydrogen-bond acceptors (Lipinski definition) is 4. The highest BCUT2D eigenvalue weighted by molar-refractivity contribution is 9.10. The second-order valence-electron chi connectivity index (χ2n) is 6.43. The maximum absolute atomic E-state index is 12.3. The van der Waals surface area contributed by atoms with Gasteiger partial charge in [-0.25, -0.2) is 4.68 Å². The Kier molecular flexibility index (Phi) is 4.36. The van der Waals surface area contributed by atoms with Crippen molar-refractivity contribution in [2.75, 3.05) is 18.9 Å². The maximum Gasteiger partial charge on any atom is 0.283 e. The summed E-state index contributed by atoms with van der Waals surface area (Å²) in [6.45, 7) is 3.78. The summed E-state index contributed by atoms with van der Waals surface area (Å²) in [5, 5.41) is 7.64. The van der Waals surface area contributed by atoms with Gasteiger partial charge in [-0.3, -0.25) is 9.69 Å². The van der Waals surface area contributed by atoms with Gasteiger partial charge in [-0.05, 0) is 61.5 Å². The molecule has 6 heteroatoms.